The van der Waals surface area contributed by atoms with E-state index in [4.69, 9.17) is 28.9 Å². The summed E-state index contributed by atoms with van der Waals surface area (Å²) >= 11 is 0. The Balaban J connectivity index is 1.65. The molecule has 2 atom stereocenters. The zero-order chi connectivity index (χ0) is 21.0. The number of nitrogens with zero attached hydrogens (tertiary/aromatic N) is 1. The molecule has 3 aliphatic rings. The lowest BCUT2D eigenvalue weighted by molar-refractivity contribution is 0.0951. The Labute approximate surface area is 174 Å². The molecular formula is C23H24NO6+. The van der Waals surface area contributed by atoms with E-state index in [1.807, 2.05) is 50.3 Å². The summed E-state index contributed by atoms with van der Waals surface area (Å²) in [6.07, 6.45) is 3.71. The Hall–Kier alpha value is -3.35. The summed E-state index contributed by atoms with van der Waals surface area (Å²) < 4.78 is 29.4. The Morgan fingerprint density at radius 2 is 1.87 bits per heavy atom. The first-order valence-electron chi connectivity index (χ1n) is 9.81. The van der Waals surface area contributed by atoms with Crippen molar-refractivity contribution in [3.8, 4) is 28.7 Å². The lowest BCUT2D eigenvalue weighted by Crippen LogP contribution is -2.43. The minimum absolute atomic E-state index is 0.249. The van der Waals surface area contributed by atoms with Crippen molar-refractivity contribution in [2.45, 2.75) is 31.5 Å². The highest BCUT2D eigenvalue weighted by Crippen LogP contribution is 2.49. The minimum atomic E-state index is -0.382. The summed E-state index contributed by atoms with van der Waals surface area (Å²) in [4.78, 5) is 0. The van der Waals surface area contributed by atoms with Gasteiger partial charge in [0, 0.05) is 17.2 Å². The molecule has 7 heteroatoms. The first-order chi connectivity index (χ1) is 14.5. The van der Waals surface area contributed by atoms with E-state index in [1.165, 1.54) is 0 Å². The molecule has 156 valence electrons. The van der Waals surface area contributed by atoms with E-state index in [9.17, 15) is 0 Å². The fourth-order valence-corrected chi connectivity index (χ4v) is 4.35. The molecule has 0 radical (unpaired) electrons. The predicted octanol–water partition coefficient (Wildman–Crippen LogP) is 3.25. The van der Waals surface area contributed by atoms with Crippen LogP contribution in [0.5, 0.6) is 28.7 Å². The molecule has 0 spiro atoms. The van der Waals surface area contributed by atoms with E-state index >= 15 is 0 Å². The van der Waals surface area contributed by atoms with Crippen LogP contribution in [0.3, 0.4) is 0 Å². The Morgan fingerprint density at radius 1 is 1.10 bits per heavy atom. The topological polar surface area (TPSA) is 81.4 Å². The van der Waals surface area contributed by atoms with Gasteiger partial charge in [-0.1, -0.05) is 0 Å². The summed E-state index contributed by atoms with van der Waals surface area (Å²) in [6.45, 7) is 4.35. The van der Waals surface area contributed by atoms with Crippen LogP contribution in [0.15, 0.2) is 35.5 Å². The summed E-state index contributed by atoms with van der Waals surface area (Å²) in [7, 11) is 3.18. The zero-order valence-electron chi connectivity index (χ0n) is 17.3. The lowest BCUT2D eigenvalue weighted by atomic mass is 9.80. The van der Waals surface area contributed by atoms with Gasteiger partial charge in [0.2, 0.25) is 0 Å². The van der Waals surface area contributed by atoms with E-state index in [1.54, 1.807) is 14.2 Å². The van der Waals surface area contributed by atoms with Crippen molar-refractivity contribution in [1.82, 2.24) is 0 Å². The molecule has 2 N–H and O–H groups in total. The highest BCUT2D eigenvalue weighted by Gasteiger charge is 2.45. The summed E-state index contributed by atoms with van der Waals surface area (Å²) in [5.41, 5.74) is 2.78. The molecule has 0 fully saturated rings. The van der Waals surface area contributed by atoms with Gasteiger partial charge in [-0.05, 0) is 44.2 Å². The van der Waals surface area contributed by atoms with Crippen LogP contribution in [0, 0.1) is 0 Å². The van der Waals surface area contributed by atoms with Gasteiger partial charge in [0.05, 0.1) is 30.9 Å². The van der Waals surface area contributed by atoms with Crippen LogP contribution in [0.2, 0.25) is 0 Å². The van der Waals surface area contributed by atoms with Gasteiger partial charge < -0.3 is 28.9 Å². The largest absolute Gasteiger partial charge is 0.493 e. The third kappa shape index (κ3) is 2.69. The van der Waals surface area contributed by atoms with Crippen molar-refractivity contribution < 1.29 is 28.9 Å². The van der Waals surface area contributed by atoms with Crippen molar-refractivity contribution in [1.29, 1.82) is 0 Å². The Kier molecular flexibility index (Phi) is 4.10. The van der Waals surface area contributed by atoms with Gasteiger partial charge in [0.1, 0.15) is 35.6 Å². The van der Waals surface area contributed by atoms with Gasteiger partial charge in [-0.25, -0.2) is 0 Å². The molecule has 30 heavy (non-hydrogen) atoms. The fourth-order valence-electron chi connectivity index (χ4n) is 4.35. The van der Waals surface area contributed by atoms with Crippen LogP contribution in [0.4, 0.5) is 0 Å². The molecule has 0 aromatic heterocycles. The molecular weight excluding hydrogens is 386 g/mol. The van der Waals surface area contributed by atoms with Gasteiger partial charge in [0.15, 0.2) is 17.2 Å². The number of hydrogen-bond acceptors (Lipinski definition) is 6. The number of benzene rings is 2. The van der Waals surface area contributed by atoms with E-state index in [0.29, 0.717) is 35.3 Å². The van der Waals surface area contributed by atoms with Crippen LogP contribution in [0.1, 0.15) is 36.5 Å². The Morgan fingerprint density at radius 3 is 2.60 bits per heavy atom. The predicted molar refractivity (Wildman–Crippen MR) is 113 cm³/mol. The molecule has 0 saturated heterocycles. The molecule has 0 unspecified atom stereocenters. The average Bonchev–Trinajstić information content (AvgIpc) is 2.75. The van der Waals surface area contributed by atoms with Gasteiger partial charge >= 0.3 is 0 Å². The second kappa shape index (κ2) is 6.58. The third-order valence-corrected chi connectivity index (χ3v) is 5.77. The first kappa shape index (κ1) is 18.7. The second-order valence-electron chi connectivity index (χ2n) is 8.08. The van der Waals surface area contributed by atoms with Crippen molar-refractivity contribution in [2.24, 2.45) is 5.16 Å². The zero-order valence-corrected chi connectivity index (χ0v) is 17.3. The van der Waals surface area contributed by atoms with Crippen molar-refractivity contribution >= 4 is 11.8 Å². The van der Waals surface area contributed by atoms with Crippen LogP contribution in [0.25, 0.3) is 6.08 Å². The lowest BCUT2D eigenvalue weighted by Gasteiger charge is -2.39. The molecule has 0 bridgehead atoms. The quantitative estimate of drug-likeness (QED) is 0.561. The average molecular weight is 410 g/mol. The molecule has 7 nitrogen and oxygen atoms in total. The van der Waals surface area contributed by atoms with Crippen LogP contribution in [-0.2, 0) is 0 Å². The number of fused-ring (bicyclic) bond motifs is 6. The number of methoxy groups -OCH3 is 2. The van der Waals surface area contributed by atoms with E-state index in [0.717, 1.165) is 22.4 Å². The van der Waals surface area contributed by atoms with E-state index in [2.05, 4.69) is 5.16 Å². The third-order valence-electron chi connectivity index (χ3n) is 5.77. The highest BCUT2D eigenvalue weighted by atomic mass is 16.5. The maximum atomic E-state index is 7.96. The SMILES string of the molecule is COc1cc2c(cc1OC)[C@@H]1/C(=N/[OH2+])c3ccc4c(c3O[C@@H]1CO2)C=CC(C)(C)O4. The van der Waals surface area contributed by atoms with E-state index in [-0.39, 0.29) is 17.6 Å². The maximum Gasteiger partial charge on any atom is 0.164 e. The van der Waals surface area contributed by atoms with Gasteiger partial charge in [0.25, 0.3) is 0 Å². The standard InChI is InChI=1S/C23H23NO6/c1-23(2)8-7-12-15(30-23)6-5-13-21(24-25)20-14-9-17(26-3)18(27-4)10-16(14)28-11-19(20)29-22(12)13/h5-10,19-20,25H,11H2,1-4H3/p+1/b24-21+/t19-,20+/m1/s1. The first-order valence-corrected chi connectivity index (χ1v) is 9.81. The second-order valence-corrected chi connectivity index (χ2v) is 8.08. The number of hydrogen-bond donors (Lipinski definition) is 0. The van der Waals surface area contributed by atoms with Gasteiger partial charge in [-0.2, -0.15) is 0 Å². The molecule has 0 saturated carbocycles. The molecule has 2 aromatic rings. The summed E-state index contributed by atoms with van der Waals surface area (Å²) in [6, 6.07) is 7.54. The smallest absolute Gasteiger partial charge is 0.164 e. The normalized spacial score (nSPS) is 23.7. The fraction of sp³-hybridized carbons (Fsp3) is 0.348. The van der Waals surface area contributed by atoms with Crippen LogP contribution in [-0.4, -0.2) is 43.5 Å². The van der Waals surface area contributed by atoms with E-state index < -0.39 is 0 Å². The van der Waals surface area contributed by atoms with Gasteiger partial charge in [-0.3, -0.25) is 0 Å². The monoisotopic (exact) mass is 410 g/mol. The summed E-state index contributed by atoms with van der Waals surface area (Å²) in [5.74, 6) is 3.06. The van der Waals surface area contributed by atoms with Crippen molar-refractivity contribution in [3.63, 3.8) is 0 Å². The van der Waals surface area contributed by atoms with Crippen LogP contribution < -0.4 is 23.7 Å². The number of ether oxygens (including phenoxy) is 5. The van der Waals surface area contributed by atoms with Gasteiger partial charge in [-0.15, -0.1) is 0 Å². The molecule has 5 rings (SSSR count). The minimum Gasteiger partial charge on any atom is -0.493 e. The molecule has 3 aliphatic heterocycles. The molecule has 0 aliphatic carbocycles. The maximum absolute atomic E-state index is 7.96. The van der Waals surface area contributed by atoms with Crippen molar-refractivity contribution in [3.05, 3.63) is 47.0 Å². The Bertz CT molecular complexity index is 1090. The summed E-state index contributed by atoms with van der Waals surface area (Å²) in [5, 5.41) is 11.9. The molecule has 0 amide bonds. The number of rotatable bonds is 2. The molecule has 2 aromatic carbocycles. The van der Waals surface area contributed by atoms with Crippen molar-refractivity contribution in [2.75, 3.05) is 20.8 Å². The highest BCUT2D eigenvalue weighted by molar-refractivity contribution is 6.09. The van der Waals surface area contributed by atoms with Crippen LogP contribution >= 0.6 is 0 Å². The molecule has 3 heterocycles.